The van der Waals surface area contributed by atoms with E-state index in [2.05, 4.69) is 17.2 Å². The summed E-state index contributed by atoms with van der Waals surface area (Å²) in [5, 5.41) is 3.41. The van der Waals surface area contributed by atoms with Crippen LogP contribution in [0.3, 0.4) is 0 Å². The first-order chi connectivity index (χ1) is 8.62. The molecule has 0 amide bonds. The quantitative estimate of drug-likeness (QED) is 0.838. The van der Waals surface area contributed by atoms with Gasteiger partial charge in [-0.15, -0.1) is 0 Å². The molecule has 3 rings (SSSR count). The van der Waals surface area contributed by atoms with Crippen molar-refractivity contribution >= 4 is 11.0 Å². The molecule has 0 aliphatic carbocycles. The molecule has 1 aromatic carbocycles. The number of benzene rings is 1. The van der Waals surface area contributed by atoms with Crippen molar-refractivity contribution in [1.29, 1.82) is 0 Å². The van der Waals surface area contributed by atoms with E-state index in [0.717, 1.165) is 37.3 Å². The minimum atomic E-state index is -0.235. The Morgan fingerprint density at radius 1 is 1.44 bits per heavy atom. The average Bonchev–Trinajstić information content (AvgIpc) is 2.70. The number of imidazole rings is 1. The van der Waals surface area contributed by atoms with Crippen LogP contribution in [0, 0.1) is 5.82 Å². The van der Waals surface area contributed by atoms with Crippen LogP contribution in [-0.4, -0.2) is 22.6 Å². The number of hydrogen-bond acceptors (Lipinski definition) is 2. The molecule has 0 saturated carbocycles. The van der Waals surface area contributed by atoms with Crippen molar-refractivity contribution in [2.75, 3.05) is 13.1 Å². The fourth-order valence-electron chi connectivity index (χ4n) is 2.97. The van der Waals surface area contributed by atoms with E-state index in [0.29, 0.717) is 5.52 Å². The molecule has 1 saturated heterocycles. The van der Waals surface area contributed by atoms with Crippen molar-refractivity contribution in [2.45, 2.75) is 25.2 Å². The number of fused-ring (bicyclic) bond motifs is 1. The third-order valence-corrected chi connectivity index (χ3v) is 4.00. The van der Waals surface area contributed by atoms with Gasteiger partial charge in [0.25, 0.3) is 0 Å². The number of aryl methyl sites for hydroxylation is 1. The van der Waals surface area contributed by atoms with Gasteiger partial charge in [-0.25, -0.2) is 9.37 Å². The minimum absolute atomic E-state index is 0.00153. The first-order valence-electron chi connectivity index (χ1n) is 6.44. The van der Waals surface area contributed by atoms with Gasteiger partial charge >= 0.3 is 0 Å². The van der Waals surface area contributed by atoms with Gasteiger partial charge in [0.2, 0.25) is 0 Å². The number of halogens is 1. The van der Waals surface area contributed by atoms with Gasteiger partial charge in [-0.2, -0.15) is 0 Å². The molecule has 1 unspecified atom stereocenters. The second kappa shape index (κ2) is 4.05. The summed E-state index contributed by atoms with van der Waals surface area (Å²) < 4.78 is 15.8. The van der Waals surface area contributed by atoms with E-state index in [-0.39, 0.29) is 11.2 Å². The summed E-state index contributed by atoms with van der Waals surface area (Å²) in [4.78, 5) is 4.56. The predicted octanol–water partition coefficient (Wildman–Crippen LogP) is 2.35. The van der Waals surface area contributed by atoms with Crippen molar-refractivity contribution in [3.8, 4) is 0 Å². The van der Waals surface area contributed by atoms with Crippen molar-refractivity contribution in [3.63, 3.8) is 0 Å². The van der Waals surface area contributed by atoms with Gasteiger partial charge in [0.05, 0.1) is 5.52 Å². The Bertz CT molecular complexity index is 582. The second-order valence-corrected chi connectivity index (χ2v) is 5.44. The van der Waals surface area contributed by atoms with Gasteiger partial charge in [-0.1, -0.05) is 13.0 Å². The summed E-state index contributed by atoms with van der Waals surface area (Å²) in [5.74, 6) is 0.747. The zero-order valence-corrected chi connectivity index (χ0v) is 10.8. The molecule has 96 valence electrons. The van der Waals surface area contributed by atoms with Crippen LogP contribution in [0.5, 0.6) is 0 Å². The van der Waals surface area contributed by atoms with E-state index < -0.39 is 0 Å². The summed E-state index contributed by atoms with van der Waals surface area (Å²) in [7, 11) is 1.98. The number of para-hydroxylation sites is 1. The Labute approximate surface area is 106 Å². The standard InChI is InChI=1S/C14H18FN3/c1-14(7-4-8-16-9-14)13-17-12-10(15)5-3-6-11(12)18(13)2/h3,5-6,16H,4,7-9H2,1-2H3. The summed E-state index contributed by atoms with van der Waals surface area (Å²) in [6, 6.07) is 5.14. The van der Waals surface area contributed by atoms with Gasteiger partial charge in [-0.3, -0.25) is 0 Å². The third-order valence-electron chi connectivity index (χ3n) is 4.00. The first kappa shape index (κ1) is 11.7. The lowest BCUT2D eigenvalue weighted by Crippen LogP contribution is -2.42. The lowest BCUT2D eigenvalue weighted by molar-refractivity contribution is 0.318. The zero-order chi connectivity index (χ0) is 12.8. The van der Waals surface area contributed by atoms with E-state index >= 15 is 0 Å². The van der Waals surface area contributed by atoms with Crippen molar-refractivity contribution < 1.29 is 4.39 Å². The van der Waals surface area contributed by atoms with Crippen LogP contribution in [0.25, 0.3) is 11.0 Å². The summed E-state index contributed by atoms with van der Waals surface area (Å²) in [6.07, 6.45) is 2.24. The smallest absolute Gasteiger partial charge is 0.151 e. The summed E-state index contributed by atoms with van der Waals surface area (Å²) in [5.41, 5.74) is 1.36. The van der Waals surface area contributed by atoms with Gasteiger partial charge in [0, 0.05) is 19.0 Å². The van der Waals surface area contributed by atoms with Crippen LogP contribution in [0.2, 0.25) is 0 Å². The highest BCUT2D eigenvalue weighted by Gasteiger charge is 2.33. The van der Waals surface area contributed by atoms with E-state index in [1.165, 1.54) is 6.07 Å². The molecular weight excluding hydrogens is 229 g/mol. The lowest BCUT2D eigenvalue weighted by Gasteiger charge is -2.33. The Balaban J connectivity index is 2.17. The highest BCUT2D eigenvalue weighted by molar-refractivity contribution is 5.76. The van der Waals surface area contributed by atoms with E-state index in [1.807, 2.05) is 17.7 Å². The van der Waals surface area contributed by atoms with Crippen molar-refractivity contribution in [3.05, 3.63) is 29.8 Å². The molecule has 1 atom stereocenters. The first-order valence-corrected chi connectivity index (χ1v) is 6.44. The number of rotatable bonds is 1. The molecule has 18 heavy (non-hydrogen) atoms. The maximum Gasteiger partial charge on any atom is 0.151 e. The van der Waals surface area contributed by atoms with Crippen LogP contribution >= 0.6 is 0 Å². The van der Waals surface area contributed by atoms with Gasteiger partial charge in [-0.05, 0) is 31.5 Å². The van der Waals surface area contributed by atoms with Gasteiger partial charge in [0.1, 0.15) is 11.3 Å². The van der Waals surface area contributed by atoms with E-state index in [4.69, 9.17) is 0 Å². The van der Waals surface area contributed by atoms with Gasteiger partial charge < -0.3 is 9.88 Å². The Kier molecular flexibility index (Phi) is 2.63. The summed E-state index contributed by atoms with van der Waals surface area (Å²) in [6.45, 7) is 4.18. The average molecular weight is 247 g/mol. The lowest BCUT2D eigenvalue weighted by atomic mass is 9.82. The van der Waals surface area contributed by atoms with Crippen molar-refractivity contribution in [1.82, 2.24) is 14.9 Å². The number of nitrogens with zero attached hydrogens (tertiary/aromatic N) is 2. The predicted molar refractivity (Wildman–Crippen MR) is 70.1 cm³/mol. The molecule has 2 heterocycles. The van der Waals surface area contributed by atoms with Gasteiger partial charge in [0.15, 0.2) is 5.82 Å². The fourth-order valence-corrected chi connectivity index (χ4v) is 2.97. The molecule has 1 N–H and O–H groups in total. The molecule has 2 aromatic rings. The van der Waals surface area contributed by atoms with E-state index in [9.17, 15) is 4.39 Å². The number of nitrogens with one attached hydrogen (secondary N) is 1. The molecule has 1 aliphatic rings. The summed E-state index contributed by atoms with van der Waals surface area (Å²) >= 11 is 0. The van der Waals surface area contributed by atoms with Crippen LogP contribution in [0.4, 0.5) is 4.39 Å². The molecule has 4 heteroatoms. The highest BCUT2D eigenvalue weighted by atomic mass is 19.1. The number of piperidine rings is 1. The number of hydrogen-bond donors (Lipinski definition) is 1. The molecule has 0 spiro atoms. The molecule has 3 nitrogen and oxygen atoms in total. The maximum atomic E-state index is 13.8. The molecule has 1 aromatic heterocycles. The van der Waals surface area contributed by atoms with Crippen LogP contribution in [0.1, 0.15) is 25.6 Å². The van der Waals surface area contributed by atoms with Crippen LogP contribution < -0.4 is 5.32 Å². The Morgan fingerprint density at radius 3 is 2.94 bits per heavy atom. The molecule has 1 fully saturated rings. The molecule has 0 bridgehead atoms. The van der Waals surface area contributed by atoms with Crippen LogP contribution in [0.15, 0.2) is 18.2 Å². The normalized spacial score (nSPS) is 24.6. The van der Waals surface area contributed by atoms with Crippen LogP contribution in [-0.2, 0) is 12.5 Å². The SMILES string of the molecule is Cn1c(C2(C)CCCNC2)nc2c(F)cccc21. The second-order valence-electron chi connectivity index (χ2n) is 5.44. The number of aromatic nitrogens is 2. The minimum Gasteiger partial charge on any atom is -0.331 e. The largest absolute Gasteiger partial charge is 0.331 e. The maximum absolute atomic E-state index is 13.8. The Hall–Kier alpha value is -1.42. The molecular formula is C14H18FN3. The monoisotopic (exact) mass is 247 g/mol. The Morgan fingerprint density at radius 2 is 2.28 bits per heavy atom. The third kappa shape index (κ3) is 1.63. The fraction of sp³-hybridized carbons (Fsp3) is 0.500. The topological polar surface area (TPSA) is 29.9 Å². The zero-order valence-electron chi connectivity index (χ0n) is 10.8. The van der Waals surface area contributed by atoms with Crippen molar-refractivity contribution in [2.24, 2.45) is 7.05 Å². The molecule has 0 radical (unpaired) electrons. The van der Waals surface area contributed by atoms with E-state index in [1.54, 1.807) is 6.07 Å². The highest BCUT2D eigenvalue weighted by Crippen LogP contribution is 2.32. The molecule has 1 aliphatic heterocycles.